The smallest absolute Gasteiger partial charge is 0.260 e. The van der Waals surface area contributed by atoms with Gasteiger partial charge in [0.1, 0.15) is 0 Å². The Morgan fingerprint density at radius 1 is 1.26 bits per heavy atom. The molecule has 94 valence electrons. The number of carbonyl (C=O) groups excluding carboxylic acids is 1. The van der Waals surface area contributed by atoms with Gasteiger partial charge in [-0.05, 0) is 34.1 Å². The van der Waals surface area contributed by atoms with Crippen LogP contribution in [0.5, 0.6) is 0 Å². The van der Waals surface area contributed by atoms with Gasteiger partial charge in [-0.3, -0.25) is 9.78 Å². The number of aromatic nitrogens is 1. The van der Waals surface area contributed by atoms with Crippen molar-refractivity contribution in [2.24, 2.45) is 0 Å². The molecule has 1 N–H and O–H groups in total. The quantitative estimate of drug-likeness (QED) is 0.781. The Labute approximate surface area is 117 Å². The van der Waals surface area contributed by atoms with E-state index >= 15 is 0 Å². The molecule has 0 aliphatic rings. The topological polar surface area (TPSA) is 55.1 Å². The molecule has 0 fully saturated rings. The van der Waals surface area contributed by atoms with Crippen molar-refractivity contribution in [2.75, 3.05) is 5.32 Å². The van der Waals surface area contributed by atoms with Crippen molar-refractivity contribution in [2.45, 2.75) is 0 Å². The van der Waals surface area contributed by atoms with Crippen LogP contribution in [0.2, 0.25) is 0 Å². The third-order valence-corrected chi connectivity index (χ3v) is 3.41. The summed E-state index contributed by atoms with van der Waals surface area (Å²) in [6, 6.07) is 9.17. The highest BCUT2D eigenvalue weighted by Crippen LogP contribution is 2.24. The van der Waals surface area contributed by atoms with Crippen molar-refractivity contribution in [1.82, 2.24) is 4.98 Å². The predicted octanol–water partition coefficient (Wildman–Crippen LogP) is 3.84. The number of benzene rings is 1. The highest BCUT2D eigenvalue weighted by Gasteiger charge is 2.13. The van der Waals surface area contributed by atoms with Crippen LogP contribution in [0, 0.1) is 0 Å². The van der Waals surface area contributed by atoms with Crippen molar-refractivity contribution in [3.8, 4) is 0 Å². The van der Waals surface area contributed by atoms with Crippen LogP contribution < -0.4 is 5.32 Å². The molecule has 3 rings (SSSR count). The predicted molar refractivity (Wildman–Crippen MR) is 76.1 cm³/mol. The molecule has 0 spiro atoms. The van der Waals surface area contributed by atoms with Crippen molar-refractivity contribution >= 4 is 38.3 Å². The lowest BCUT2D eigenvalue weighted by Gasteiger charge is -2.07. The van der Waals surface area contributed by atoms with E-state index in [1.165, 1.54) is 6.26 Å². The average molecular weight is 317 g/mol. The first-order chi connectivity index (χ1) is 9.25. The molecular weight excluding hydrogens is 308 g/mol. The summed E-state index contributed by atoms with van der Waals surface area (Å²) in [6.45, 7) is 0. The van der Waals surface area contributed by atoms with E-state index in [-0.39, 0.29) is 5.91 Å². The molecule has 0 saturated heterocycles. The molecule has 5 heteroatoms. The first kappa shape index (κ1) is 11.9. The van der Waals surface area contributed by atoms with Crippen LogP contribution in [0.15, 0.2) is 58.1 Å². The minimum absolute atomic E-state index is 0.218. The molecule has 1 amide bonds. The van der Waals surface area contributed by atoms with E-state index in [9.17, 15) is 4.79 Å². The number of rotatable bonds is 2. The summed E-state index contributed by atoms with van der Waals surface area (Å²) in [7, 11) is 0. The minimum Gasteiger partial charge on any atom is -0.457 e. The van der Waals surface area contributed by atoms with Crippen molar-refractivity contribution in [1.29, 1.82) is 0 Å². The Bertz CT molecular complexity index is 747. The lowest BCUT2D eigenvalue weighted by Crippen LogP contribution is -2.11. The average Bonchev–Trinajstić information content (AvgIpc) is 2.85. The fraction of sp³-hybridized carbons (Fsp3) is 0. The lowest BCUT2D eigenvalue weighted by atomic mass is 10.1. The van der Waals surface area contributed by atoms with Gasteiger partial charge < -0.3 is 9.73 Å². The second kappa shape index (κ2) is 4.85. The van der Waals surface area contributed by atoms with E-state index in [1.807, 2.05) is 24.3 Å². The van der Waals surface area contributed by atoms with Crippen LogP contribution in [0.1, 0.15) is 10.4 Å². The number of carbonyl (C=O) groups is 1. The van der Waals surface area contributed by atoms with Gasteiger partial charge in [0.2, 0.25) is 0 Å². The lowest BCUT2D eigenvalue weighted by molar-refractivity contribution is 0.102. The largest absolute Gasteiger partial charge is 0.457 e. The summed E-state index contributed by atoms with van der Waals surface area (Å²) >= 11 is 3.19. The molecular formula is C14H9BrN2O2. The standard InChI is InChI=1S/C14H9BrN2O2/c15-13-11(5-7-19-13)14(18)17-12-3-1-2-9-8-16-6-4-10(9)12/h1-8H,(H,17,18). The van der Waals surface area contributed by atoms with E-state index < -0.39 is 0 Å². The van der Waals surface area contributed by atoms with Crippen molar-refractivity contribution in [3.63, 3.8) is 0 Å². The highest BCUT2D eigenvalue weighted by atomic mass is 79.9. The molecule has 0 radical (unpaired) electrons. The number of pyridine rings is 1. The van der Waals surface area contributed by atoms with Gasteiger partial charge in [-0.1, -0.05) is 12.1 Å². The third-order valence-electron chi connectivity index (χ3n) is 2.79. The Morgan fingerprint density at radius 3 is 2.95 bits per heavy atom. The summed E-state index contributed by atoms with van der Waals surface area (Å²) < 4.78 is 5.48. The van der Waals surface area contributed by atoms with Crippen LogP contribution >= 0.6 is 15.9 Å². The van der Waals surface area contributed by atoms with E-state index in [0.29, 0.717) is 10.2 Å². The summed E-state index contributed by atoms with van der Waals surface area (Å²) in [6.07, 6.45) is 4.93. The molecule has 0 atom stereocenters. The van der Waals surface area contributed by atoms with Gasteiger partial charge in [-0.25, -0.2) is 0 Å². The first-order valence-corrected chi connectivity index (χ1v) is 6.42. The second-order valence-corrected chi connectivity index (χ2v) is 4.68. The molecule has 0 aliphatic carbocycles. The number of nitrogens with zero attached hydrogens (tertiary/aromatic N) is 1. The summed E-state index contributed by atoms with van der Waals surface area (Å²) in [4.78, 5) is 16.2. The number of fused-ring (bicyclic) bond motifs is 1. The van der Waals surface area contributed by atoms with Gasteiger partial charge in [-0.2, -0.15) is 0 Å². The number of halogens is 1. The van der Waals surface area contributed by atoms with Gasteiger partial charge in [0.15, 0.2) is 4.67 Å². The summed E-state index contributed by atoms with van der Waals surface area (Å²) in [5.74, 6) is -0.218. The van der Waals surface area contributed by atoms with E-state index in [0.717, 1.165) is 16.5 Å². The van der Waals surface area contributed by atoms with E-state index in [2.05, 4.69) is 26.2 Å². The molecule has 0 aliphatic heterocycles. The summed E-state index contributed by atoms with van der Waals surface area (Å²) in [5.41, 5.74) is 1.21. The minimum atomic E-state index is -0.218. The Balaban J connectivity index is 1.98. The zero-order chi connectivity index (χ0) is 13.2. The number of nitrogens with one attached hydrogen (secondary N) is 1. The molecule has 0 bridgehead atoms. The van der Waals surface area contributed by atoms with Gasteiger partial charge in [0.05, 0.1) is 11.8 Å². The normalized spacial score (nSPS) is 10.6. The van der Waals surface area contributed by atoms with Gasteiger partial charge in [-0.15, -0.1) is 0 Å². The van der Waals surface area contributed by atoms with Crippen LogP contribution in [-0.2, 0) is 0 Å². The SMILES string of the molecule is O=C(Nc1cccc2cnccc12)c1ccoc1Br. The zero-order valence-corrected chi connectivity index (χ0v) is 11.3. The molecule has 3 aromatic rings. The van der Waals surface area contributed by atoms with Crippen LogP contribution in [0.25, 0.3) is 10.8 Å². The third kappa shape index (κ3) is 2.24. The molecule has 1 aromatic carbocycles. The molecule has 0 saturated carbocycles. The van der Waals surface area contributed by atoms with Crippen LogP contribution in [-0.4, -0.2) is 10.9 Å². The highest BCUT2D eigenvalue weighted by molar-refractivity contribution is 9.10. The molecule has 2 heterocycles. The first-order valence-electron chi connectivity index (χ1n) is 5.63. The molecule has 2 aromatic heterocycles. The maximum Gasteiger partial charge on any atom is 0.260 e. The molecule has 19 heavy (non-hydrogen) atoms. The fourth-order valence-electron chi connectivity index (χ4n) is 1.88. The van der Waals surface area contributed by atoms with E-state index in [4.69, 9.17) is 4.42 Å². The van der Waals surface area contributed by atoms with Gasteiger partial charge in [0, 0.05) is 28.9 Å². The number of hydrogen-bond acceptors (Lipinski definition) is 3. The number of furan rings is 1. The summed E-state index contributed by atoms with van der Waals surface area (Å²) in [5, 5.41) is 4.80. The number of amides is 1. The van der Waals surface area contributed by atoms with Crippen LogP contribution in [0.3, 0.4) is 0 Å². The maximum atomic E-state index is 12.1. The monoisotopic (exact) mass is 316 g/mol. The second-order valence-electron chi connectivity index (χ2n) is 3.96. The molecule has 4 nitrogen and oxygen atoms in total. The fourth-order valence-corrected chi connectivity index (χ4v) is 2.30. The van der Waals surface area contributed by atoms with Crippen molar-refractivity contribution < 1.29 is 9.21 Å². The number of hydrogen-bond donors (Lipinski definition) is 1. The molecule has 0 unspecified atom stereocenters. The van der Waals surface area contributed by atoms with E-state index in [1.54, 1.807) is 18.5 Å². The Hall–Kier alpha value is -2.14. The number of anilines is 1. The Morgan fingerprint density at radius 2 is 2.16 bits per heavy atom. The maximum absolute atomic E-state index is 12.1. The zero-order valence-electron chi connectivity index (χ0n) is 9.76. The van der Waals surface area contributed by atoms with Gasteiger partial charge >= 0.3 is 0 Å². The van der Waals surface area contributed by atoms with Crippen molar-refractivity contribution in [3.05, 3.63) is 59.2 Å². The van der Waals surface area contributed by atoms with Gasteiger partial charge in [0.25, 0.3) is 5.91 Å². The van der Waals surface area contributed by atoms with Crippen LogP contribution in [0.4, 0.5) is 5.69 Å². The Kier molecular flexibility index (Phi) is 3.05.